The molecule has 2 aromatic rings. The van der Waals surface area contributed by atoms with Crippen LogP contribution in [0.1, 0.15) is 18.4 Å². The van der Waals surface area contributed by atoms with Crippen molar-refractivity contribution in [1.82, 2.24) is 0 Å². The van der Waals surface area contributed by atoms with E-state index in [9.17, 15) is 5.11 Å². The Labute approximate surface area is 111 Å². The molecule has 3 rings (SSSR count). The Balaban J connectivity index is 1.90. The van der Waals surface area contributed by atoms with E-state index in [1.165, 1.54) is 15.6 Å². The number of ether oxygens (including phenoxy) is 1. The summed E-state index contributed by atoms with van der Waals surface area (Å²) in [4.78, 5) is 0. The van der Waals surface area contributed by atoms with Crippen LogP contribution in [0.25, 0.3) is 10.1 Å². The van der Waals surface area contributed by atoms with Crippen LogP contribution in [-0.2, 0) is 11.2 Å². The molecule has 1 atom stereocenters. The van der Waals surface area contributed by atoms with Crippen LogP contribution in [0.3, 0.4) is 0 Å². The normalized spacial score (nSPS) is 19.0. The molecule has 0 amide bonds. The van der Waals surface area contributed by atoms with Gasteiger partial charge in [0, 0.05) is 18.2 Å². The predicted molar refractivity (Wildman–Crippen MR) is 75.1 cm³/mol. The Bertz CT molecular complexity index is 544. The first kappa shape index (κ1) is 12.2. The molecule has 1 heterocycles. The summed E-state index contributed by atoms with van der Waals surface area (Å²) in [5, 5.41) is 14.2. The molecular weight excluding hydrogens is 244 g/mol. The summed E-state index contributed by atoms with van der Waals surface area (Å²) in [6.07, 6.45) is 2.96. The van der Waals surface area contributed by atoms with Crippen molar-refractivity contribution < 1.29 is 9.84 Å². The molecule has 0 aliphatic heterocycles. The molecule has 1 fully saturated rings. The van der Waals surface area contributed by atoms with E-state index in [2.05, 4.69) is 29.6 Å². The Morgan fingerprint density at radius 3 is 2.89 bits per heavy atom. The zero-order valence-electron chi connectivity index (χ0n) is 10.6. The van der Waals surface area contributed by atoms with Crippen LogP contribution >= 0.6 is 11.3 Å². The molecular formula is C15H18O2S. The van der Waals surface area contributed by atoms with E-state index in [-0.39, 0.29) is 0 Å². The van der Waals surface area contributed by atoms with Crippen molar-refractivity contribution >= 4 is 21.4 Å². The number of methoxy groups -OCH3 is 1. The van der Waals surface area contributed by atoms with E-state index in [0.29, 0.717) is 18.9 Å². The fourth-order valence-electron chi connectivity index (χ4n) is 2.68. The first-order valence-corrected chi connectivity index (χ1v) is 7.27. The van der Waals surface area contributed by atoms with Crippen LogP contribution in [0.4, 0.5) is 0 Å². The number of benzene rings is 1. The second-order valence-electron chi connectivity index (χ2n) is 5.24. The van der Waals surface area contributed by atoms with Crippen LogP contribution < -0.4 is 0 Å². The van der Waals surface area contributed by atoms with E-state index in [1.54, 1.807) is 18.4 Å². The van der Waals surface area contributed by atoms with Crippen molar-refractivity contribution in [3.05, 3.63) is 35.2 Å². The SMILES string of the molecule is COCC(O)(Cc1csc2ccccc12)C1CC1. The summed E-state index contributed by atoms with van der Waals surface area (Å²) in [6.45, 7) is 0.432. The zero-order chi connectivity index (χ0) is 12.6. The summed E-state index contributed by atoms with van der Waals surface area (Å²) in [6, 6.07) is 8.40. The van der Waals surface area contributed by atoms with E-state index in [1.807, 2.05) is 0 Å². The fourth-order valence-corrected chi connectivity index (χ4v) is 3.65. The number of thiophene rings is 1. The lowest BCUT2D eigenvalue weighted by molar-refractivity contribution is -0.0471. The van der Waals surface area contributed by atoms with Crippen molar-refractivity contribution in [2.75, 3.05) is 13.7 Å². The largest absolute Gasteiger partial charge is 0.387 e. The third-order valence-corrected chi connectivity index (χ3v) is 4.80. The van der Waals surface area contributed by atoms with Crippen molar-refractivity contribution in [2.45, 2.75) is 24.9 Å². The smallest absolute Gasteiger partial charge is 0.0948 e. The number of fused-ring (bicyclic) bond motifs is 1. The van der Waals surface area contributed by atoms with Crippen LogP contribution in [-0.4, -0.2) is 24.4 Å². The number of rotatable bonds is 5. The second kappa shape index (κ2) is 4.65. The van der Waals surface area contributed by atoms with Gasteiger partial charge >= 0.3 is 0 Å². The summed E-state index contributed by atoms with van der Waals surface area (Å²) >= 11 is 1.75. The molecule has 1 aliphatic rings. The highest BCUT2D eigenvalue weighted by molar-refractivity contribution is 7.17. The summed E-state index contributed by atoms with van der Waals surface area (Å²) in [7, 11) is 1.67. The van der Waals surface area contributed by atoms with Crippen LogP contribution in [0, 0.1) is 5.92 Å². The van der Waals surface area contributed by atoms with Crippen molar-refractivity contribution in [1.29, 1.82) is 0 Å². The van der Waals surface area contributed by atoms with Crippen molar-refractivity contribution in [3.8, 4) is 0 Å². The second-order valence-corrected chi connectivity index (χ2v) is 6.16. The van der Waals surface area contributed by atoms with Crippen LogP contribution in [0.15, 0.2) is 29.6 Å². The van der Waals surface area contributed by atoms with E-state index in [4.69, 9.17) is 4.74 Å². The van der Waals surface area contributed by atoms with E-state index < -0.39 is 5.60 Å². The van der Waals surface area contributed by atoms with E-state index in [0.717, 1.165) is 12.8 Å². The van der Waals surface area contributed by atoms with Gasteiger partial charge < -0.3 is 9.84 Å². The maximum absolute atomic E-state index is 10.8. The lowest BCUT2D eigenvalue weighted by Crippen LogP contribution is -2.39. The Kier molecular flexibility index (Phi) is 3.14. The maximum atomic E-state index is 10.8. The molecule has 96 valence electrons. The fraction of sp³-hybridized carbons (Fsp3) is 0.467. The average Bonchev–Trinajstić information content (AvgIpc) is 3.15. The molecule has 1 aromatic heterocycles. The van der Waals surface area contributed by atoms with Crippen LogP contribution in [0.5, 0.6) is 0 Å². The number of aliphatic hydroxyl groups is 1. The van der Waals surface area contributed by atoms with Gasteiger partial charge in [-0.05, 0) is 41.2 Å². The monoisotopic (exact) mass is 262 g/mol. The van der Waals surface area contributed by atoms with Crippen LogP contribution in [0.2, 0.25) is 0 Å². The molecule has 0 saturated heterocycles. The summed E-state index contributed by atoms with van der Waals surface area (Å²) < 4.78 is 6.52. The first-order valence-electron chi connectivity index (χ1n) is 6.39. The van der Waals surface area contributed by atoms with Gasteiger partial charge in [-0.15, -0.1) is 11.3 Å². The Morgan fingerprint density at radius 2 is 2.17 bits per heavy atom. The topological polar surface area (TPSA) is 29.5 Å². The number of hydrogen-bond donors (Lipinski definition) is 1. The predicted octanol–water partition coefficient (Wildman–Crippen LogP) is 3.23. The minimum absolute atomic E-state index is 0.413. The average molecular weight is 262 g/mol. The van der Waals surface area contributed by atoms with Gasteiger partial charge in [0.25, 0.3) is 0 Å². The molecule has 1 unspecified atom stereocenters. The van der Waals surface area contributed by atoms with Gasteiger partial charge in [-0.2, -0.15) is 0 Å². The van der Waals surface area contributed by atoms with Gasteiger partial charge in [0.15, 0.2) is 0 Å². The van der Waals surface area contributed by atoms with Gasteiger partial charge in [-0.1, -0.05) is 18.2 Å². The molecule has 3 heteroatoms. The molecule has 0 spiro atoms. The molecule has 0 radical (unpaired) electrons. The number of hydrogen-bond acceptors (Lipinski definition) is 3. The van der Waals surface area contributed by atoms with Gasteiger partial charge in [0.1, 0.15) is 0 Å². The van der Waals surface area contributed by atoms with Crippen molar-refractivity contribution in [3.63, 3.8) is 0 Å². The molecule has 0 bridgehead atoms. The summed E-state index contributed by atoms with van der Waals surface area (Å²) in [5.41, 5.74) is 0.570. The zero-order valence-corrected chi connectivity index (χ0v) is 11.4. The minimum atomic E-state index is -0.682. The molecule has 18 heavy (non-hydrogen) atoms. The first-order chi connectivity index (χ1) is 8.73. The highest BCUT2D eigenvalue weighted by atomic mass is 32.1. The maximum Gasteiger partial charge on any atom is 0.0948 e. The van der Waals surface area contributed by atoms with Gasteiger partial charge in [-0.3, -0.25) is 0 Å². The molecule has 1 saturated carbocycles. The Hall–Kier alpha value is -0.900. The molecule has 2 nitrogen and oxygen atoms in total. The van der Waals surface area contributed by atoms with Gasteiger partial charge in [-0.25, -0.2) is 0 Å². The lowest BCUT2D eigenvalue weighted by Gasteiger charge is -2.27. The third kappa shape index (κ3) is 2.18. The van der Waals surface area contributed by atoms with E-state index >= 15 is 0 Å². The summed E-state index contributed by atoms with van der Waals surface area (Å²) in [5.74, 6) is 0.413. The van der Waals surface area contributed by atoms with Gasteiger partial charge in [0.05, 0.1) is 12.2 Å². The standard InChI is InChI=1S/C15H18O2S/c1-17-10-15(16,12-6-7-12)8-11-9-18-14-5-3-2-4-13(11)14/h2-5,9,12,16H,6-8,10H2,1H3. The molecule has 1 aliphatic carbocycles. The highest BCUT2D eigenvalue weighted by Gasteiger charge is 2.44. The Morgan fingerprint density at radius 1 is 1.39 bits per heavy atom. The molecule has 1 N–H and O–H groups in total. The van der Waals surface area contributed by atoms with Gasteiger partial charge in [0.2, 0.25) is 0 Å². The third-order valence-electron chi connectivity index (χ3n) is 3.79. The lowest BCUT2D eigenvalue weighted by atomic mass is 9.90. The quantitative estimate of drug-likeness (QED) is 0.896. The van der Waals surface area contributed by atoms with Crippen molar-refractivity contribution in [2.24, 2.45) is 5.92 Å². The highest BCUT2D eigenvalue weighted by Crippen LogP contribution is 2.43. The minimum Gasteiger partial charge on any atom is -0.387 e. The molecule has 1 aromatic carbocycles.